The van der Waals surface area contributed by atoms with Gasteiger partial charge in [-0.05, 0) is 35.3 Å². The van der Waals surface area contributed by atoms with Crippen molar-refractivity contribution >= 4 is 27.3 Å². The van der Waals surface area contributed by atoms with Crippen LogP contribution >= 0.6 is 15.9 Å². The molecule has 1 aliphatic rings. The number of aromatic nitrogens is 5. The average Bonchev–Trinajstić information content (AvgIpc) is 3.15. The minimum absolute atomic E-state index is 0.391. The largest absolute Gasteiger partial charge is 0.353 e. The van der Waals surface area contributed by atoms with Crippen LogP contribution < -0.4 is 4.90 Å². The van der Waals surface area contributed by atoms with Crippen molar-refractivity contribution in [3.8, 4) is 0 Å². The molecule has 0 aromatic carbocycles. The van der Waals surface area contributed by atoms with Crippen molar-refractivity contribution in [2.24, 2.45) is 0 Å². The second kappa shape index (κ2) is 4.84. The van der Waals surface area contributed by atoms with Crippen LogP contribution in [0.25, 0.3) is 5.52 Å². The minimum atomic E-state index is 0.391. The lowest BCUT2D eigenvalue weighted by molar-refractivity contribution is 0.494. The average molecular weight is 347 g/mol. The van der Waals surface area contributed by atoms with Crippen LogP contribution in [0.4, 0.5) is 5.82 Å². The highest BCUT2D eigenvalue weighted by molar-refractivity contribution is 9.10. The molecule has 0 saturated carbocycles. The number of halogens is 1. The summed E-state index contributed by atoms with van der Waals surface area (Å²) >= 11 is 3.45. The van der Waals surface area contributed by atoms with Crippen LogP contribution in [-0.2, 0) is 0 Å². The van der Waals surface area contributed by atoms with Gasteiger partial charge in [0, 0.05) is 31.7 Å². The lowest BCUT2D eigenvalue weighted by atomic mass is 10.3. The topological polar surface area (TPSA) is 51.2 Å². The Bertz CT molecular complexity index is 792. The van der Waals surface area contributed by atoms with Crippen LogP contribution in [0.2, 0.25) is 0 Å². The van der Waals surface area contributed by atoms with Crippen molar-refractivity contribution in [1.29, 1.82) is 0 Å². The number of hydrogen-bond donors (Lipinski definition) is 0. The second-order valence-electron chi connectivity index (χ2n) is 5.39. The van der Waals surface area contributed by atoms with E-state index in [9.17, 15) is 0 Å². The number of rotatable bonds is 2. The van der Waals surface area contributed by atoms with Gasteiger partial charge in [-0.3, -0.25) is 4.68 Å². The third-order valence-electron chi connectivity index (χ3n) is 3.90. The predicted molar refractivity (Wildman–Crippen MR) is 83.5 cm³/mol. The fraction of sp³-hybridized carbons (Fsp3) is 0.357. The lowest BCUT2D eigenvalue weighted by Gasteiger charge is -2.18. The Morgan fingerprint density at radius 1 is 1.38 bits per heavy atom. The summed E-state index contributed by atoms with van der Waals surface area (Å²) in [6, 6.07) is 2.47. The molecular formula is C14H15BrN6. The summed E-state index contributed by atoms with van der Waals surface area (Å²) in [7, 11) is 0. The molecule has 4 rings (SSSR count). The van der Waals surface area contributed by atoms with Crippen molar-refractivity contribution in [2.45, 2.75) is 19.4 Å². The molecule has 3 aromatic heterocycles. The normalized spacial score (nSPS) is 18.8. The number of fused-ring (bicyclic) bond motifs is 1. The molecule has 1 atom stereocenters. The van der Waals surface area contributed by atoms with Crippen molar-refractivity contribution in [1.82, 2.24) is 24.4 Å². The maximum absolute atomic E-state index is 4.56. The fourth-order valence-electron chi connectivity index (χ4n) is 2.94. The standard InChI is InChI=1S/C14H15BrN6/c1-10-6-13-14(16-3-5-20(13)18-10)19-4-2-12(9-19)21-8-11(15)7-17-21/h3,5-8,12H,2,4,9H2,1H3. The van der Waals surface area contributed by atoms with E-state index in [1.807, 2.05) is 40.9 Å². The van der Waals surface area contributed by atoms with E-state index in [-0.39, 0.29) is 0 Å². The SMILES string of the molecule is Cc1cc2c(N3CCC(n4cc(Br)cn4)C3)nccn2n1. The smallest absolute Gasteiger partial charge is 0.154 e. The molecule has 108 valence electrons. The third-order valence-corrected chi connectivity index (χ3v) is 4.31. The van der Waals surface area contributed by atoms with Gasteiger partial charge in [0.15, 0.2) is 5.82 Å². The van der Waals surface area contributed by atoms with Gasteiger partial charge in [0.1, 0.15) is 5.52 Å². The van der Waals surface area contributed by atoms with Gasteiger partial charge in [-0.15, -0.1) is 0 Å². The molecule has 1 unspecified atom stereocenters. The van der Waals surface area contributed by atoms with E-state index in [0.717, 1.165) is 41.0 Å². The molecule has 4 heterocycles. The Morgan fingerprint density at radius 3 is 3.10 bits per heavy atom. The third kappa shape index (κ3) is 2.21. The highest BCUT2D eigenvalue weighted by atomic mass is 79.9. The quantitative estimate of drug-likeness (QED) is 0.715. The fourth-order valence-corrected chi connectivity index (χ4v) is 3.24. The van der Waals surface area contributed by atoms with E-state index >= 15 is 0 Å². The zero-order chi connectivity index (χ0) is 14.4. The molecule has 21 heavy (non-hydrogen) atoms. The van der Waals surface area contributed by atoms with Gasteiger partial charge in [-0.1, -0.05) is 0 Å². The molecule has 1 fully saturated rings. The first-order valence-corrected chi connectivity index (χ1v) is 7.75. The molecule has 0 radical (unpaired) electrons. The Kier molecular flexibility index (Phi) is 2.95. The monoisotopic (exact) mass is 346 g/mol. The Labute approximate surface area is 130 Å². The number of anilines is 1. The Hall–Kier alpha value is -1.89. The van der Waals surface area contributed by atoms with E-state index in [2.05, 4.69) is 42.1 Å². The summed E-state index contributed by atoms with van der Waals surface area (Å²) in [6.07, 6.45) is 8.65. The van der Waals surface area contributed by atoms with Crippen LogP contribution in [0.5, 0.6) is 0 Å². The van der Waals surface area contributed by atoms with Gasteiger partial charge in [0.25, 0.3) is 0 Å². The molecule has 1 aliphatic heterocycles. The first-order valence-electron chi connectivity index (χ1n) is 6.96. The molecule has 3 aromatic rings. The minimum Gasteiger partial charge on any atom is -0.353 e. The number of hydrogen-bond acceptors (Lipinski definition) is 4. The Morgan fingerprint density at radius 2 is 2.29 bits per heavy atom. The van der Waals surface area contributed by atoms with Gasteiger partial charge in [0.05, 0.1) is 22.4 Å². The molecule has 7 heteroatoms. The number of aryl methyl sites for hydroxylation is 1. The zero-order valence-electron chi connectivity index (χ0n) is 11.6. The van der Waals surface area contributed by atoms with E-state index < -0.39 is 0 Å². The van der Waals surface area contributed by atoms with E-state index in [0.29, 0.717) is 6.04 Å². The van der Waals surface area contributed by atoms with Gasteiger partial charge in [0.2, 0.25) is 0 Å². The maximum atomic E-state index is 4.56. The Balaban J connectivity index is 1.65. The van der Waals surface area contributed by atoms with E-state index in [1.165, 1.54) is 0 Å². The van der Waals surface area contributed by atoms with Crippen LogP contribution in [-0.4, -0.2) is 37.5 Å². The predicted octanol–water partition coefficient (Wildman–Crippen LogP) is 2.45. The lowest BCUT2D eigenvalue weighted by Crippen LogP contribution is -2.22. The van der Waals surface area contributed by atoms with E-state index in [4.69, 9.17) is 0 Å². The summed E-state index contributed by atoms with van der Waals surface area (Å²) in [5.41, 5.74) is 2.08. The molecule has 0 N–H and O–H groups in total. The first kappa shape index (κ1) is 12.8. The van der Waals surface area contributed by atoms with Crippen LogP contribution in [0.1, 0.15) is 18.2 Å². The van der Waals surface area contributed by atoms with Crippen molar-refractivity contribution in [3.63, 3.8) is 0 Å². The summed E-state index contributed by atoms with van der Waals surface area (Å²) in [5.74, 6) is 1.01. The number of nitrogens with zero attached hydrogens (tertiary/aromatic N) is 6. The molecule has 1 saturated heterocycles. The highest BCUT2D eigenvalue weighted by Gasteiger charge is 2.26. The van der Waals surface area contributed by atoms with Gasteiger partial charge >= 0.3 is 0 Å². The van der Waals surface area contributed by atoms with Gasteiger partial charge in [-0.25, -0.2) is 9.50 Å². The molecule has 0 aliphatic carbocycles. The molecule has 6 nitrogen and oxygen atoms in total. The molecule has 0 amide bonds. The van der Waals surface area contributed by atoms with Crippen LogP contribution in [0, 0.1) is 6.92 Å². The van der Waals surface area contributed by atoms with Crippen LogP contribution in [0.3, 0.4) is 0 Å². The molecule has 0 bridgehead atoms. The van der Waals surface area contributed by atoms with E-state index in [1.54, 1.807) is 0 Å². The summed E-state index contributed by atoms with van der Waals surface area (Å²) in [4.78, 5) is 6.88. The molecular weight excluding hydrogens is 332 g/mol. The summed E-state index contributed by atoms with van der Waals surface area (Å²) < 4.78 is 4.95. The highest BCUT2D eigenvalue weighted by Crippen LogP contribution is 2.28. The second-order valence-corrected chi connectivity index (χ2v) is 6.31. The summed E-state index contributed by atoms with van der Waals surface area (Å²) in [5, 5.41) is 8.85. The van der Waals surface area contributed by atoms with Crippen molar-refractivity contribution < 1.29 is 0 Å². The zero-order valence-corrected chi connectivity index (χ0v) is 13.2. The summed E-state index contributed by atoms with van der Waals surface area (Å²) in [6.45, 7) is 3.91. The van der Waals surface area contributed by atoms with Crippen molar-refractivity contribution in [3.05, 3.63) is 41.0 Å². The van der Waals surface area contributed by atoms with Gasteiger partial charge in [-0.2, -0.15) is 10.2 Å². The molecule has 0 spiro atoms. The first-order chi connectivity index (χ1) is 10.2. The van der Waals surface area contributed by atoms with Gasteiger partial charge < -0.3 is 4.90 Å². The van der Waals surface area contributed by atoms with Crippen molar-refractivity contribution in [2.75, 3.05) is 18.0 Å². The van der Waals surface area contributed by atoms with Crippen LogP contribution in [0.15, 0.2) is 35.3 Å². The maximum Gasteiger partial charge on any atom is 0.154 e.